The van der Waals surface area contributed by atoms with Gasteiger partial charge in [-0.2, -0.15) is 0 Å². The van der Waals surface area contributed by atoms with E-state index in [1.807, 2.05) is 6.92 Å². The van der Waals surface area contributed by atoms with Crippen LogP contribution in [0.3, 0.4) is 0 Å². The maximum absolute atomic E-state index is 13.1. The van der Waals surface area contributed by atoms with Crippen LogP contribution in [0, 0.1) is 5.82 Å². The Bertz CT molecular complexity index is 565. The molecule has 0 spiro atoms. The summed E-state index contributed by atoms with van der Waals surface area (Å²) >= 11 is 5.72. The van der Waals surface area contributed by atoms with Crippen LogP contribution in [0.4, 0.5) is 4.39 Å². The van der Waals surface area contributed by atoms with Crippen LogP contribution in [0.15, 0.2) is 18.2 Å². The molecule has 1 aliphatic heterocycles. The van der Waals surface area contributed by atoms with E-state index in [-0.39, 0.29) is 23.4 Å². The van der Waals surface area contributed by atoms with Gasteiger partial charge in [-0.05, 0) is 37.0 Å². The summed E-state index contributed by atoms with van der Waals surface area (Å²) in [5.74, 6) is -0.615. The van der Waals surface area contributed by atoms with E-state index in [0.29, 0.717) is 19.4 Å². The Kier molecular flexibility index (Phi) is 5.77. The van der Waals surface area contributed by atoms with E-state index in [0.717, 1.165) is 18.4 Å². The highest BCUT2D eigenvalue weighted by Crippen LogP contribution is 2.20. The number of nitrogens with zero attached hydrogens (tertiary/aromatic N) is 1. The fourth-order valence-electron chi connectivity index (χ4n) is 2.65. The number of likely N-dealkylation sites (tertiary alicyclic amines) is 1. The zero-order valence-electron chi connectivity index (χ0n) is 12.6. The number of amides is 2. The molecule has 0 unspecified atom stereocenters. The lowest BCUT2D eigenvalue weighted by molar-refractivity contribution is -0.138. The van der Waals surface area contributed by atoms with Crippen LogP contribution in [-0.4, -0.2) is 29.3 Å². The Morgan fingerprint density at radius 2 is 2.23 bits per heavy atom. The molecule has 6 heteroatoms. The van der Waals surface area contributed by atoms with E-state index in [9.17, 15) is 14.0 Å². The number of carbonyl (C=O) groups excluding carboxylic acids is 2. The standard InChI is InChI=1S/C16H20ClFN2O2/c1-2-4-15(21)20-8-3-5-14(20)16(22)19-10-11-6-7-13(18)12(17)9-11/h6-7,9,14H,2-5,8,10H2,1H3,(H,19,22)/t14-/m1/s1. The smallest absolute Gasteiger partial charge is 0.243 e. The predicted molar refractivity (Wildman–Crippen MR) is 82.9 cm³/mol. The van der Waals surface area contributed by atoms with Crippen molar-refractivity contribution in [2.75, 3.05) is 6.54 Å². The van der Waals surface area contributed by atoms with Gasteiger partial charge in [-0.25, -0.2) is 4.39 Å². The number of nitrogens with one attached hydrogen (secondary N) is 1. The van der Waals surface area contributed by atoms with Crippen molar-refractivity contribution in [2.24, 2.45) is 0 Å². The third kappa shape index (κ3) is 3.97. The molecular formula is C16H20ClFN2O2. The van der Waals surface area contributed by atoms with E-state index >= 15 is 0 Å². The van der Waals surface area contributed by atoms with Gasteiger partial charge in [-0.3, -0.25) is 9.59 Å². The van der Waals surface area contributed by atoms with Gasteiger partial charge in [-0.1, -0.05) is 24.6 Å². The van der Waals surface area contributed by atoms with Crippen molar-refractivity contribution in [2.45, 2.75) is 45.2 Å². The van der Waals surface area contributed by atoms with Crippen LogP contribution >= 0.6 is 11.6 Å². The number of rotatable bonds is 5. The van der Waals surface area contributed by atoms with E-state index in [2.05, 4.69) is 5.32 Å². The van der Waals surface area contributed by atoms with Gasteiger partial charge in [0.25, 0.3) is 0 Å². The van der Waals surface area contributed by atoms with Crippen LogP contribution in [-0.2, 0) is 16.1 Å². The highest BCUT2D eigenvalue weighted by atomic mass is 35.5. The molecule has 1 fully saturated rings. The Labute approximate surface area is 134 Å². The number of hydrogen-bond donors (Lipinski definition) is 1. The maximum Gasteiger partial charge on any atom is 0.243 e. The summed E-state index contributed by atoms with van der Waals surface area (Å²) in [5.41, 5.74) is 0.726. The molecule has 0 saturated carbocycles. The molecule has 1 atom stereocenters. The summed E-state index contributed by atoms with van der Waals surface area (Å²) < 4.78 is 13.1. The SMILES string of the molecule is CCCC(=O)N1CCC[C@@H]1C(=O)NCc1ccc(F)c(Cl)c1. The highest BCUT2D eigenvalue weighted by molar-refractivity contribution is 6.30. The quantitative estimate of drug-likeness (QED) is 0.904. The van der Waals surface area contributed by atoms with Gasteiger partial charge in [0.15, 0.2) is 0 Å². The van der Waals surface area contributed by atoms with Crippen LogP contribution in [0.25, 0.3) is 0 Å². The van der Waals surface area contributed by atoms with Crippen molar-refractivity contribution < 1.29 is 14.0 Å². The molecule has 1 aromatic rings. The van der Waals surface area contributed by atoms with Crippen LogP contribution in [0.5, 0.6) is 0 Å². The first-order chi connectivity index (χ1) is 10.5. The third-order valence-electron chi connectivity index (χ3n) is 3.79. The Balaban J connectivity index is 1.93. The zero-order valence-corrected chi connectivity index (χ0v) is 13.3. The topological polar surface area (TPSA) is 49.4 Å². The molecule has 1 aliphatic rings. The van der Waals surface area contributed by atoms with E-state index in [4.69, 9.17) is 11.6 Å². The zero-order chi connectivity index (χ0) is 16.1. The molecule has 1 N–H and O–H groups in total. The molecule has 1 saturated heterocycles. The molecule has 0 aliphatic carbocycles. The number of hydrogen-bond acceptors (Lipinski definition) is 2. The summed E-state index contributed by atoms with van der Waals surface area (Å²) in [6, 6.07) is 3.95. The average molecular weight is 327 g/mol. The summed E-state index contributed by atoms with van der Waals surface area (Å²) in [6.07, 6.45) is 2.77. The fraction of sp³-hybridized carbons (Fsp3) is 0.500. The van der Waals surface area contributed by atoms with Gasteiger partial charge in [0, 0.05) is 19.5 Å². The molecule has 22 heavy (non-hydrogen) atoms. The van der Waals surface area contributed by atoms with Crippen molar-refractivity contribution in [3.63, 3.8) is 0 Å². The highest BCUT2D eigenvalue weighted by Gasteiger charge is 2.33. The molecule has 2 rings (SSSR count). The minimum atomic E-state index is -0.483. The number of benzene rings is 1. The van der Waals surface area contributed by atoms with Gasteiger partial charge in [-0.15, -0.1) is 0 Å². The first-order valence-corrected chi connectivity index (χ1v) is 7.91. The molecule has 1 heterocycles. The Hall–Kier alpha value is -1.62. The average Bonchev–Trinajstić information content (AvgIpc) is 2.98. The Morgan fingerprint density at radius 3 is 2.91 bits per heavy atom. The molecule has 0 aromatic heterocycles. The maximum atomic E-state index is 13.1. The van der Waals surface area contributed by atoms with E-state index in [1.165, 1.54) is 12.1 Å². The van der Waals surface area contributed by atoms with Crippen molar-refractivity contribution in [3.8, 4) is 0 Å². The van der Waals surface area contributed by atoms with Gasteiger partial charge in [0.2, 0.25) is 11.8 Å². The van der Waals surface area contributed by atoms with Crippen molar-refractivity contribution >= 4 is 23.4 Å². The van der Waals surface area contributed by atoms with Gasteiger partial charge in [0.1, 0.15) is 11.9 Å². The molecule has 4 nitrogen and oxygen atoms in total. The van der Waals surface area contributed by atoms with Crippen LogP contribution in [0.1, 0.15) is 38.2 Å². The summed E-state index contributed by atoms with van der Waals surface area (Å²) in [7, 11) is 0. The van der Waals surface area contributed by atoms with Crippen molar-refractivity contribution in [1.29, 1.82) is 0 Å². The molecule has 0 bridgehead atoms. The minimum Gasteiger partial charge on any atom is -0.350 e. The van der Waals surface area contributed by atoms with E-state index in [1.54, 1.807) is 11.0 Å². The van der Waals surface area contributed by atoms with Crippen molar-refractivity contribution in [3.05, 3.63) is 34.6 Å². The summed E-state index contributed by atoms with van der Waals surface area (Å²) in [4.78, 5) is 25.9. The Morgan fingerprint density at radius 1 is 1.45 bits per heavy atom. The van der Waals surface area contributed by atoms with Gasteiger partial charge in [0.05, 0.1) is 5.02 Å². The molecule has 120 valence electrons. The second-order valence-corrected chi connectivity index (χ2v) is 5.87. The van der Waals surface area contributed by atoms with Gasteiger partial charge < -0.3 is 10.2 Å². The lowest BCUT2D eigenvalue weighted by Gasteiger charge is -2.24. The predicted octanol–water partition coefficient (Wildman–Crippen LogP) is 2.89. The van der Waals surface area contributed by atoms with E-state index < -0.39 is 11.9 Å². The lowest BCUT2D eigenvalue weighted by atomic mass is 10.1. The van der Waals surface area contributed by atoms with Crippen molar-refractivity contribution in [1.82, 2.24) is 10.2 Å². The second kappa shape index (κ2) is 7.58. The van der Waals surface area contributed by atoms with Crippen LogP contribution < -0.4 is 5.32 Å². The lowest BCUT2D eigenvalue weighted by Crippen LogP contribution is -2.45. The first-order valence-electron chi connectivity index (χ1n) is 7.54. The minimum absolute atomic E-state index is 0.0324. The largest absolute Gasteiger partial charge is 0.350 e. The monoisotopic (exact) mass is 326 g/mol. The first kappa shape index (κ1) is 16.7. The fourth-order valence-corrected chi connectivity index (χ4v) is 2.85. The second-order valence-electron chi connectivity index (χ2n) is 5.46. The molecule has 0 radical (unpaired) electrons. The molecule has 2 amide bonds. The number of carbonyl (C=O) groups is 2. The summed E-state index contributed by atoms with van der Waals surface area (Å²) in [6.45, 7) is 2.85. The molecule has 1 aromatic carbocycles. The van der Waals surface area contributed by atoms with Gasteiger partial charge >= 0.3 is 0 Å². The normalized spacial score (nSPS) is 17.6. The molecular weight excluding hydrogens is 307 g/mol. The number of halogens is 2. The third-order valence-corrected chi connectivity index (χ3v) is 4.08. The van der Waals surface area contributed by atoms with Crippen LogP contribution in [0.2, 0.25) is 5.02 Å². The summed E-state index contributed by atoms with van der Waals surface area (Å²) in [5, 5.41) is 2.84.